The van der Waals surface area contributed by atoms with Gasteiger partial charge in [0.1, 0.15) is 11.6 Å². The van der Waals surface area contributed by atoms with Crippen LogP contribution in [0.3, 0.4) is 0 Å². The van der Waals surface area contributed by atoms with Crippen LogP contribution in [-0.4, -0.2) is 21.5 Å². The summed E-state index contributed by atoms with van der Waals surface area (Å²) < 4.78 is 45.3. The summed E-state index contributed by atoms with van der Waals surface area (Å²) in [5, 5.41) is 10.3. The Labute approximate surface area is 171 Å². The summed E-state index contributed by atoms with van der Waals surface area (Å²) in [4.78, 5) is 0. The van der Waals surface area contributed by atoms with Gasteiger partial charge in [-0.05, 0) is 49.8 Å². The van der Waals surface area contributed by atoms with Crippen molar-refractivity contribution in [2.45, 2.75) is 27.0 Å². The molecule has 152 valence electrons. The molecule has 0 saturated carbocycles. The molecule has 9 heteroatoms. The standard InChI is InChI=1S/C20H19F3N4OS/c1-12-7-8-16(17(9-12)28-19(22)23)24-20(29)25-18-10-13(2)27(26-18)11-14-5-3-4-6-15(14)21/h3-10,19H,11H2,1-2H3,(H2,24,25,26,29). The van der Waals surface area contributed by atoms with Gasteiger partial charge in [0.25, 0.3) is 0 Å². The van der Waals surface area contributed by atoms with Crippen LogP contribution in [0.1, 0.15) is 16.8 Å². The number of aryl methyl sites for hydroxylation is 2. The lowest BCUT2D eigenvalue weighted by Crippen LogP contribution is -2.20. The molecular formula is C20H19F3N4OS. The van der Waals surface area contributed by atoms with Crippen molar-refractivity contribution >= 4 is 28.8 Å². The minimum absolute atomic E-state index is 0.00888. The van der Waals surface area contributed by atoms with E-state index in [0.717, 1.165) is 11.3 Å². The summed E-state index contributed by atoms with van der Waals surface area (Å²) in [6.07, 6.45) is 0. The highest BCUT2D eigenvalue weighted by molar-refractivity contribution is 7.80. The molecule has 0 atom stereocenters. The second kappa shape index (κ2) is 8.95. The van der Waals surface area contributed by atoms with Gasteiger partial charge in [0.05, 0.1) is 12.2 Å². The molecule has 3 aromatic rings. The quantitative estimate of drug-likeness (QED) is 0.544. The summed E-state index contributed by atoms with van der Waals surface area (Å²) in [5.74, 6) is 0.130. The number of nitrogens with one attached hydrogen (secondary N) is 2. The zero-order valence-corrected chi connectivity index (χ0v) is 16.6. The monoisotopic (exact) mass is 420 g/mol. The summed E-state index contributed by atoms with van der Waals surface area (Å²) >= 11 is 5.25. The number of anilines is 2. The first kappa shape index (κ1) is 20.7. The van der Waals surface area contributed by atoms with Gasteiger partial charge in [-0.3, -0.25) is 4.68 Å². The van der Waals surface area contributed by atoms with Crippen LogP contribution in [0.4, 0.5) is 24.7 Å². The number of nitrogens with zero attached hydrogens (tertiary/aromatic N) is 2. The van der Waals surface area contributed by atoms with Crippen molar-refractivity contribution in [1.82, 2.24) is 9.78 Å². The predicted molar refractivity (Wildman–Crippen MR) is 110 cm³/mol. The third-order valence-electron chi connectivity index (χ3n) is 4.10. The SMILES string of the molecule is Cc1ccc(NC(=S)Nc2cc(C)n(Cc3ccccc3F)n2)c(OC(F)F)c1. The molecule has 1 heterocycles. The van der Waals surface area contributed by atoms with E-state index < -0.39 is 6.61 Å². The van der Waals surface area contributed by atoms with E-state index in [1.165, 1.54) is 12.1 Å². The lowest BCUT2D eigenvalue weighted by Gasteiger charge is -2.14. The molecule has 0 aliphatic carbocycles. The first-order valence-electron chi connectivity index (χ1n) is 8.73. The van der Waals surface area contributed by atoms with E-state index in [1.807, 2.05) is 6.92 Å². The smallest absolute Gasteiger partial charge is 0.387 e. The zero-order valence-electron chi connectivity index (χ0n) is 15.7. The average molecular weight is 420 g/mol. The Kier molecular flexibility index (Phi) is 6.38. The number of aromatic nitrogens is 2. The number of alkyl halides is 2. The van der Waals surface area contributed by atoms with Crippen molar-refractivity contribution in [3.63, 3.8) is 0 Å². The fraction of sp³-hybridized carbons (Fsp3) is 0.200. The van der Waals surface area contributed by atoms with Crippen molar-refractivity contribution in [3.8, 4) is 5.75 Å². The first-order chi connectivity index (χ1) is 13.8. The largest absolute Gasteiger partial charge is 0.433 e. The van der Waals surface area contributed by atoms with Gasteiger partial charge in [-0.1, -0.05) is 24.3 Å². The molecule has 5 nitrogen and oxygen atoms in total. The molecule has 0 unspecified atom stereocenters. The van der Waals surface area contributed by atoms with Crippen molar-refractivity contribution in [1.29, 1.82) is 0 Å². The average Bonchev–Trinajstić information content (AvgIpc) is 2.97. The number of rotatable bonds is 6. The predicted octanol–water partition coefficient (Wildman–Crippen LogP) is 5.10. The first-order valence-corrected chi connectivity index (χ1v) is 9.14. The van der Waals surface area contributed by atoms with Crippen molar-refractivity contribution in [3.05, 3.63) is 71.2 Å². The van der Waals surface area contributed by atoms with Crippen LogP contribution >= 0.6 is 12.2 Å². The van der Waals surface area contributed by atoms with Gasteiger partial charge in [0.15, 0.2) is 10.9 Å². The molecule has 0 amide bonds. The maximum atomic E-state index is 13.9. The number of benzene rings is 2. The normalized spacial score (nSPS) is 10.8. The molecule has 0 aliphatic rings. The third-order valence-corrected chi connectivity index (χ3v) is 4.31. The Bertz CT molecular complexity index is 1020. The van der Waals surface area contributed by atoms with Crippen molar-refractivity contribution in [2.75, 3.05) is 10.6 Å². The van der Waals surface area contributed by atoms with Crippen LogP contribution in [0.5, 0.6) is 5.75 Å². The molecule has 0 aliphatic heterocycles. The fourth-order valence-electron chi connectivity index (χ4n) is 2.72. The van der Waals surface area contributed by atoms with Crippen LogP contribution in [0, 0.1) is 19.7 Å². The van der Waals surface area contributed by atoms with Crippen molar-refractivity contribution in [2.24, 2.45) is 0 Å². The highest BCUT2D eigenvalue weighted by Crippen LogP contribution is 2.27. The number of hydrogen-bond acceptors (Lipinski definition) is 3. The molecule has 2 aromatic carbocycles. The number of thiocarbonyl (C=S) groups is 1. The second-order valence-electron chi connectivity index (χ2n) is 6.38. The second-order valence-corrected chi connectivity index (χ2v) is 6.79. The minimum atomic E-state index is -2.95. The van der Waals surface area contributed by atoms with Gasteiger partial charge >= 0.3 is 6.61 Å². The molecule has 0 radical (unpaired) electrons. The van der Waals surface area contributed by atoms with Gasteiger partial charge in [0.2, 0.25) is 0 Å². The van der Waals surface area contributed by atoms with E-state index >= 15 is 0 Å². The molecule has 2 N–H and O–H groups in total. The summed E-state index contributed by atoms with van der Waals surface area (Å²) in [6, 6.07) is 13.1. The highest BCUT2D eigenvalue weighted by Gasteiger charge is 2.13. The van der Waals surface area contributed by atoms with Crippen LogP contribution in [0.2, 0.25) is 0 Å². The van der Waals surface area contributed by atoms with E-state index in [0.29, 0.717) is 17.1 Å². The maximum absolute atomic E-state index is 13.9. The van der Waals surface area contributed by atoms with Gasteiger partial charge in [0, 0.05) is 17.3 Å². The van der Waals surface area contributed by atoms with E-state index in [-0.39, 0.29) is 23.2 Å². The van der Waals surface area contributed by atoms with Crippen LogP contribution in [0.15, 0.2) is 48.5 Å². The van der Waals surface area contributed by atoms with Crippen LogP contribution < -0.4 is 15.4 Å². The van der Waals surface area contributed by atoms with Gasteiger partial charge in [-0.2, -0.15) is 13.9 Å². The maximum Gasteiger partial charge on any atom is 0.387 e. The number of ether oxygens (including phenoxy) is 1. The molecule has 0 bridgehead atoms. The molecule has 29 heavy (non-hydrogen) atoms. The Morgan fingerprint density at radius 3 is 2.62 bits per heavy atom. The third kappa shape index (κ3) is 5.47. The number of halogens is 3. The Morgan fingerprint density at radius 1 is 1.14 bits per heavy atom. The van der Waals surface area contributed by atoms with Gasteiger partial charge < -0.3 is 15.4 Å². The molecule has 0 saturated heterocycles. The van der Waals surface area contributed by atoms with E-state index in [2.05, 4.69) is 20.5 Å². The lowest BCUT2D eigenvalue weighted by atomic mass is 10.2. The Hall–Kier alpha value is -3.07. The molecular weight excluding hydrogens is 401 g/mol. The van der Waals surface area contributed by atoms with Gasteiger partial charge in [-0.15, -0.1) is 0 Å². The molecule has 1 aromatic heterocycles. The highest BCUT2D eigenvalue weighted by atomic mass is 32.1. The number of hydrogen-bond donors (Lipinski definition) is 2. The molecule has 3 rings (SSSR count). The summed E-state index contributed by atoms with van der Waals surface area (Å²) in [6.45, 7) is 0.925. The fourth-order valence-corrected chi connectivity index (χ4v) is 2.93. The van der Waals surface area contributed by atoms with Crippen molar-refractivity contribution < 1.29 is 17.9 Å². The zero-order chi connectivity index (χ0) is 21.0. The van der Waals surface area contributed by atoms with Crippen LogP contribution in [0.25, 0.3) is 0 Å². The minimum Gasteiger partial charge on any atom is -0.433 e. The summed E-state index contributed by atoms with van der Waals surface area (Å²) in [7, 11) is 0. The summed E-state index contributed by atoms with van der Waals surface area (Å²) in [5.41, 5.74) is 2.39. The van der Waals surface area contributed by atoms with E-state index in [4.69, 9.17) is 12.2 Å². The Morgan fingerprint density at radius 2 is 1.90 bits per heavy atom. The van der Waals surface area contributed by atoms with E-state index in [9.17, 15) is 13.2 Å². The topological polar surface area (TPSA) is 51.1 Å². The van der Waals surface area contributed by atoms with E-state index in [1.54, 1.807) is 48.0 Å². The molecule has 0 spiro atoms. The molecule has 0 fully saturated rings. The Balaban J connectivity index is 1.70. The lowest BCUT2D eigenvalue weighted by molar-refractivity contribution is -0.0493. The van der Waals surface area contributed by atoms with Gasteiger partial charge in [-0.25, -0.2) is 4.39 Å². The van der Waals surface area contributed by atoms with Crippen LogP contribution in [-0.2, 0) is 6.54 Å².